The lowest BCUT2D eigenvalue weighted by atomic mass is 10.1. The molecule has 0 aliphatic carbocycles. The summed E-state index contributed by atoms with van der Waals surface area (Å²) in [7, 11) is 0. The highest BCUT2D eigenvalue weighted by Crippen LogP contribution is 2.24. The molecule has 0 saturated heterocycles. The zero-order valence-electron chi connectivity index (χ0n) is 10.4. The minimum atomic E-state index is 0.241. The van der Waals surface area contributed by atoms with Crippen LogP contribution < -0.4 is 16.6 Å². The van der Waals surface area contributed by atoms with Gasteiger partial charge in [0.1, 0.15) is 11.3 Å². The average Bonchev–Trinajstić information content (AvgIpc) is 2.96. The summed E-state index contributed by atoms with van der Waals surface area (Å²) in [6, 6.07) is 13.7. The van der Waals surface area contributed by atoms with Crippen molar-refractivity contribution in [3.8, 4) is 11.3 Å². The van der Waals surface area contributed by atoms with Gasteiger partial charge in [-0.25, -0.2) is 10.8 Å². The van der Waals surface area contributed by atoms with Crippen molar-refractivity contribution < 1.29 is 4.42 Å². The number of fused-ring (bicyclic) bond motifs is 1. The van der Waals surface area contributed by atoms with E-state index in [0.717, 1.165) is 27.0 Å². The van der Waals surface area contributed by atoms with Crippen molar-refractivity contribution in [1.29, 1.82) is 0 Å². The van der Waals surface area contributed by atoms with Crippen LogP contribution in [0.25, 0.3) is 21.6 Å². The number of hydrazine groups is 1. The fourth-order valence-corrected chi connectivity index (χ4v) is 2.75. The molecule has 20 heavy (non-hydrogen) atoms. The van der Waals surface area contributed by atoms with Crippen molar-refractivity contribution in [3.05, 3.63) is 53.2 Å². The molecular formula is C14H11N3OS2. The standard InChI is InChI=1S/C14H11N3OS2/c15-17-14(19)16-10-8-12(9-4-2-1-3-5-9)18-11-6-7-20-13(10)11/h1-8H,15H2,(H,17,19)/b16-10+. The molecule has 3 N–H and O–H groups in total. The SMILES string of the molecule is NNC(=S)/N=c1\cc(-c2ccccc2)oc2ccsc12. The monoisotopic (exact) mass is 301 g/mol. The maximum atomic E-state index is 5.90. The van der Waals surface area contributed by atoms with Crippen LogP contribution in [0.1, 0.15) is 0 Å². The number of nitrogens with two attached hydrogens (primary N) is 1. The lowest BCUT2D eigenvalue weighted by molar-refractivity contribution is 0.620. The Bertz CT molecular complexity index is 821. The molecule has 0 saturated carbocycles. The Labute approximate surface area is 124 Å². The Hall–Kier alpha value is -2.02. The van der Waals surface area contributed by atoms with Gasteiger partial charge in [-0.05, 0) is 23.7 Å². The van der Waals surface area contributed by atoms with Crippen molar-refractivity contribution in [2.24, 2.45) is 10.8 Å². The van der Waals surface area contributed by atoms with E-state index in [1.807, 2.05) is 47.8 Å². The fourth-order valence-electron chi connectivity index (χ4n) is 1.87. The van der Waals surface area contributed by atoms with Gasteiger partial charge in [0.2, 0.25) is 5.11 Å². The first-order chi connectivity index (χ1) is 9.78. The van der Waals surface area contributed by atoms with E-state index in [4.69, 9.17) is 22.5 Å². The first-order valence-electron chi connectivity index (χ1n) is 5.90. The van der Waals surface area contributed by atoms with Crippen LogP contribution >= 0.6 is 23.6 Å². The molecule has 2 heterocycles. The zero-order valence-corrected chi connectivity index (χ0v) is 12.0. The summed E-state index contributed by atoms with van der Waals surface area (Å²) in [5.41, 5.74) is 4.14. The molecule has 0 bridgehead atoms. The molecule has 4 nitrogen and oxygen atoms in total. The van der Waals surface area contributed by atoms with Crippen LogP contribution in [0.5, 0.6) is 0 Å². The van der Waals surface area contributed by atoms with Gasteiger partial charge in [-0.2, -0.15) is 0 Å². The maximum Gasteiger partial charge on any atom is 0.207 e. The third-order valence-corrected chi connectivity index (χ3v) is 3.88. The summed E-state index contributed by atoms with van der Waals surface area (Å²) in [5, 5.41) is 2.95. The highest BCUT2D eigenvalue weighted by Gasteiger charge is 2.06. The smallest absolute Gasteiger partial charge is 0.207 e. The number of hydrogen-bond donors (Lipinski definition) is 2. The van der Waals surface area contributed by atoms with Gasteiger partial charge in [0.05, 0.1) is 10.1 Å². The Morgan fingerprint density at radius 1 is 1.25 bits per heavy atom. The van der Waals surface area contributed by atoms with Gasteiger partial charge in [0, 0.05) is 11.6 Å². The Morgan fingerprint density at radius 3 is 2.80 bits per heavy atom. The molecule has 2 aromatic heterocycles. The Balaban J connectivity index is 2.26. The molecule has 0 unspecified atom stereocenters. The van der Waals surface area contributed by atoms with Gasteiger partial charge in [0.25, 0.3) is 0 Å². The molecule has 6 heteroatoms. The largest absolute Gasteiger partial charge is 0.455 e. The van der Waals surface area contributed by atoms with Gasteiger partial charge in [0.15, 0.2) is 0 Å². The number of hydrogen-bond acceptors (Lipinski definition) is 4. The lowest BCUT2D eigenvalue weighted by Gasteiger charge is -2.02. The van der Waals surface area contributed by atoms with Crippen molar-refractivity contribution in [2.45, 2.75) is 0 Å². The molecule has 0 spiro atoms. The molecular weight excluding hydrogens is 290 g/mol. The first-order valence-corrected chi connectivity index (χ1v) is 7.19. The minimum absolute atomic E-state index is 0.241. The average molecular weight is 301 g/mol. The van der Waals surface area contributed by atoms with Crippen molar-refractivity contribution in [3.63, 3.8) is 0 Å². The third kappa shape index (κ3) is 2.49. The van der Waals surface area contributed by atoms with Crippen LogP contribution in [-0.4, -0.2) is 5.11 Å². The quantitative estimate of drug-likeness (QED) is 0.412. The molecule has 0 fully saturated rings. The number of thiocarbonyl (C=S) groups is 1. The molecule has 0 aliphatic rings. The van der Waals surface area contributed by atoms with E-state index in [0.29, 0.717) is 0 Å². The lowest BCUT2D eigenvalue weighted by Crippen LogP contribution is -2.28. The highest BCUT2D eigenvalue weighted by atomic mass is 32.1. The van der Waals surface area contributed by atoms with E-state index in [9.17, 15) is 0 Å². The van der Waals surface area contributed by atoms with E-state index in [2.05, 4.69) is 10.4 Å². The number of thiophene rings is 1. The summed E-state index contributed by atoms with van der Waals surface area (Å²) in [6.07, 6.45) is 0. The van der Waals surface area contributed by atoms with Crippen molar-refractivity contribution in [1.82, 2.24) is 5.43 Å². The topological polar surface area (TPSA) is 63.5 Å². The van der Waals surface area contributed by atoms with Gasteiger partial charge < -0.3 is 4.42 Å². The predicted molar refractivity (Wildman–Crippen MR) is 85.0 cm³/mol. The summed E-state index contributed by atoms with van der Waals surface area (Å²) < 4.78 is 6.85. The second kappa shape index (κ2) is 5.54. The Kier molecular flexibility index (Phi) is 3.60. The molecule has 3 aromatic rings. The van der Waals surface area contributed by atoms with Crippen LogP contribution in [0, 0.1) is 0 Å². The summed E-state index contributed by atoms with van der Waals surface area (Å²) in [5.74, 6) is 6.03. The molecule has 1 aromatic carbocycles. The maximum absolute atomic E-state index is 5.90. The highest BCUT2D eigenvalue weighted by molar-refractivity contribution is 7.80. The molecule has 0 aliphatic heterocycles. The first kappa shape index (κ1) is 13.0. The number of rotatable bonds is 1. The van der Waals surface area contributed by atoms with E-state index < -0.39 is 0 Å². The number of nitrogens with zero attached hydrogens (tertiary/aromatic N) is 1. The van der Waals surface area contributed by atoms with Crippen LogP contribution in [0.15, 0.2) is 57.3 Å². The van der Waals surface area contributed by atoms with Gasteiger partial charge >= 0.3 is 0 Å². The summed E-state index contributed by atoms with van der Waals surface area (Å²) in [6.45, 7) is 0. The number of nitrogens with one attached hydrogen (secondary N) is 1. The van der Waals surface area contributed by atoms with Crippen molar-refractivity contribution >= 4 is 39.0 Å². The van der Waals surface area contributed by atoms with Crippen LogP contribution in [0.3, 0.4) is 0 Å². The van der Waals surface area contributed by atoms with E-state index >= 15 is 0 Å². The minimum Gasteiger partial charge on any atom is -0.455 e. The summed E-state index contributed by atoms with van der Waals surface area (Å²) in [4.78, 5) is 4.31. The predicted octanol–water partition coefficient (Wildman–Crippen LogP) is 2.81. The second-order valence-corrected chi connectivity index (χ2v) is 5.34. The van der Waals surface area contributed by atoms with Crippen LogP contribution in [0.2, 0.25) is 0 Å². The molecule has 100 valence electrons. The third-order valence-electron chi connectivity index (χ3n) is 2.75. The van der Waals surface area contributed by atoms with Gasteiger partial charge in [-0.1, -0.05) is 30.3 Å². The second-order valence-electron chi connectivity index (χ2n) is 4.04. The van der Waals surface area contributed by atoms with Gasteiger partial charge in [-0.15, -0.1) is 11.3 Å². The number of benzene rings is 1. The molecule has 0 amide bonds. The summed E-state index contributed by atoms with van der Waals surface area (Å²) >= 11 is 6.56. The molecule has 0 radical (unpaired) electrons. The van der Waals surface area contributed by atoms with Crippen LogP contribution in [-0.2, 0) is 0 Å². The van der Waals surface area contributed by atoms with Gasteiger partial charge in [-0.3, -0.25) is 5.43 Å². The molecule has 3 rings (SSSR count). The zero-order chi connectivity index (χ0) is 13.9. The van der Waals surface area contributed by atoms with Crippen LogP contribution in [0.4, 0.5) is 0 Å². The normalized spacial score (nSPS) is 11.8. The van der Waals surface area contributed by atoms with E-state index in [1.165, 1.54) is 0 Å². The van der Waals surface area contributed by atoms with E-state index in [1.54, 1.807) is 11.3 Å². The molecule has 0 atom stereocenters. The fraction of sp³-hybridized carbons (Fsp3) is 0. The van der Waals surface area contributed by atoms with E-state index in [-0.39, 0.29) is 5.11 Å². The van der Waals surface area contributed by atoms with Crippen molar-refractivity contribution in [2.75, 3.05) is 0 Å². The Morgan fingerprint density at radius 2 is 2.05 bits per heavy atom.